The molecule has 0 fully saturated rings. The van der Waals surface area contributed by atoms with Crippen molar-refractivity contribution in [2.45, 2.75) is 26.0 Å². The molecule has 1 aliphatic heterocycles. The summed E-state index contributed by atoms with van der Waals surface area (Å²) < 4.78 is 17.3. The second kappa shape index (κ2) is 5.29. The minimum absolute atomic E-state index is 0.306. The molecule has 2 rings (SSSR count). The molecule has 0 N–H and O–H groups in total. The largest absolute Gasteiger partial charge is 0.481 e. The summed E-state index contributed by atoms with van der Waals surface area (Å²) in [5.74, 6) is 0.147. The molecular weight excluding hydrogens is 250 g/mol. The molecule has 104 valence electrons. The van der Waals surface area contributed by atoms with E-state index in [0.29, 0.717) is 12.5 Å². The number of aryl methyl sites for hydroxylation is 2. The fourth-order valence-corrected chi connectivity index (χ4v) is 2.18. The third-order valence-corrected chi connectivity index (χ3v) is 2.94. The van der Waals surface area contributed by atoms with Gasteiger partial charge in [-0.25, -0.2) is 14.5 Å². The molecule has 0 bridgehead atoms. The van der Waals surface area contributed by atoms with Crippen LogP contribution in [0.2, 0.25) is 0 Å². The molecule has 0 spiro atoms. The molecule has 0 aromatic carbocycles. The lowest BCUT2D eigenvalue weighted by molar-refractivity contribution is -0.146. The number of nitrogens with zero attached hydrogens (tertiary/aromatic N) is 3. The first-order chi connectivity index (χ1) is 9.10. The van der Waals surface area contributed by atoms with Crippen molar-refractivity contribution < 1.29 is 19.0 Å². The molecule has 2 atom stereocenters. The molecule has 0 saturated heterocycles. The Labute approximate surface area is 111 Å². The topological polar surface area (TPSA) is 74.9 Å². The van der Waals surface area contributed by atoms with E-state index in [4.69, 9.17) is 14.2 Å². The summed E-state index contributed by atoms with van der Waals surface area (Å²) in [6.07, 6.45) is 0.723. The summed E-state index contributed by atoms with van der Waals surface area (Å²) >= 11 is 0. The molecule has 1 aromatic heterocycles. The molecule has 0 aliphatic carbocycles. The van der Waals surface area contributed by atoms with Crippen LogP contribution in [0.1, 0.15) is 24.3 Å². The molecule has 1 aromatic rings. The van der Waals surface area contributed by atoms with E-state index in [1.54, 1.807) is 25.8 Å². The van der Waals surface area contributed by atoms with Gasteiger partial charge in [0.05, 0.1) is 25.0 Å². The maximum atomic E-state index is 11.9. The van der Waals surface area contributed by atoms with Crippen molar-refractivity contribution in [2.24, 2.45) is 12.0 Å². The van der Waals surface area contributed by atoms with E-state index in [-0.39, 0.29) is 0 Å². The molecule has 7 heteroatoms. The first-order valence-electron chi connectivity index (χ1n) is 6.01. The summed E-state index contributed by atoms with van der Waals surface area (Å²) in [5, 5.41) is 4.27. The van der Waals surface area contributed by atoms with Gasteiger partial charge in [0.25, 0.3) is 0 Å². The van der Waals surface area contributed by atoms with E-state index in [1.807, 2.05) is 6.92 Å². The Morgan fingerprint density at radius 2 is 2.32 bits per heavy atom. The van der Waals surface area contributed by atoms with Crippen LogP contribution < -0.4 is 4.74 Å². The van der Waals surface area contributed by atoms with Crippen LogP contribution in [-0.4, -0.2) is 41.9 Å². The average molecular weight is 267 g/mol. The molecule has 0 amide bonds. The van der Waals surface area contributed by atoms with E-state index in [2.05, 4.69) is 10.1 Å². The second-order valence-corrected chi connectivity index (χ2v) is 4.14. The van der Waals surface area contributed by atoms with Crippen molar-refractivity contribution >= 4 is 12.4 Å². The number of carbonyl (C=O) groups is 1. The fraction of sp³-hybridized carbons (Fsp3) is 0.583. The average Bonchev–Trinajstić information content (AvgIpc) is 2.93. The fourth-order valence-electron chi connectivity index (χ4n) is 2.18. The lowest BCUT2D eigenvalue weighted by Gasteiger charge is -2.16. The van der Waals surface area contributed by atoms with Gasteiger partial charge in [-0.05, 0) is 13.8 Å². The molecule has 2 unspecified atom stereocenters. The Morgan fingerprint density at radius 1 is 1.58 bits per heavy atom. The summed E-state index contributed by atoms with van der Waals surface area (Å²) in [5.41, 5.74) is 1.46. The summed E-state index contributed by atoms with van der Waals surface area (Å²) in [6, 6.07) is -0.711. The third-order valence-electron chi connectivity index (χ3n) is 2.94. The third kappa shape index (κ3) is 2.27. The van der Waals surface area contributed by atoms with Crippen LogP contribution in [0.3, 0.4) is 0 Å². The number of ether oxygens (including phenoxy) is 3. The number of methoxy groups -OCH3 is 1. The second-order valence-electron chi connectivity index (χ2n) is 4.14. The van der Waals surface area contributed by atoms with E-state index in [9.17, 15) is 4.79 Å². The number of hydrogen-bond acceptors (Lipinski definition) is 6. The minimum Gasteiger partial charge on any atom is -0.481 e. The zero-order valence-corrected chi connectivity index (χ0v) is 11.4. The van der Waals surface area contributed by atoms with E-state index in [1.165, 1.54) is 6.40 Å². The van der Waals surface area contributed by atoms with Crippen LogP contribution in [0.4, 0.5) is 0 Å². The van der Waals surface area contributed by atoms with Crippen LogP contribution in [0, 0.1) is 6.92 Å². The predicted molar refractivity (Wildman–Crippen MR) is 67.2 cm³/mol. The van der Waals surface area contributed by atoms with Gasteiger partial charge in [-0.3, -0.25) is 0 Å². The lowest BCUT2D eigenvalue weighted by Crippen LogP contribution is -2.26. The normalized spacial score (nSPS) is 21.3. The van der Waals surface area contributed by atoms with Crippen molar-refractivity contribution in [1.29, 1.82) is 0 Å². The van der Waals surface area contributed by atoms with Gasteiger partial charge in [0.2, 0.25) is 5.88 Å². The van der Waals surface area contributed by atoms with Gasteiger partial charge < -0.3 is 14.2 Å². The predicted octanol–water partition coefficient (Wildman–Crippen LogP) is 0.768. The SMILES string of the molecule is CCOC(=O)C1N=COC1c1c(C)nn(C)c1OC. The van der Waals surface area contributed by atoms with Crippen molar-refractivity contribution in [3.63, 3.8) is 0 Å². The van der Waals surface area contributed by atoms with Gasteiger partial charge in [0.1, 0.15) is 0 Å². The first-order valence-corrected chi connectivity index (χ1v) is 6.01. The van der Waals surface area contributed by atoms with Crippen molar-refractivity contribution in [3.8, 4) is 5.88 Å². The maximum Gasteiger partial charge on any atom is 0.335 e. The van der Waals surface area contributed by atoms with Gasteiger partial charge in [0, 0.05) is 7.05 Å². The van der Waals surface area contributed by atoms with Crippen molar-refractivity contribution in [3.05, 3.63) is 11.3 Å². The number of aliphatic imine (C=N–C) groups is 1. The van der Waals surface area contributed by atoms with E-state index in [0.717, 1.165) is 11.3 Å². The Kier molecular flexibility index (Phi) is 3.73. The van der Waals surface area contributed by atoms with Crippen LogP contribution in [0.5, 0.6) is 5.88 Å². The highest BCUT2D eigenvalue weighted by molar-refractivity contribution is 5.80. The highest BCUT2D eigenvalue weighted by Gasteiger charge is 2.39. The van der Waals surface area contributed by atoms with E-state index >= 15 is 0 Å². The Morgan fingerprint density at radius 3 is 2.95 bits per heavy atom. The van der Waals surface area contributed by atoms with Gasteiger partial charge in [0.15, 0.2) is 18.5 Å². The van der Waals surface area contributed by atoms with Gasteiger partial charge >= 0.3 is 5.97 Å². The molecule has 0 radical (unpaired) electrons. The molecular formula is C12H17N3O4. The molecule has 19 heavy (non-hydrogen) atoms. The Hall–Kier alpha value is -2.05. The highest BCUT2D eigenvalue weighted by atomic mass is 16.5. The van der Waals surface area contributed by atoms with Gasteiger partial charge in [-0.15, -0.1) is 0 Å². The van der Waals surface area contributed by atoms with Crippen molar-refractivity contribution in [2.75, 3.05) is 13.7 Å². The Bertz CT molecular complexity index is 509. The standard InChI is InChI=1S/C12H17N3O4/c1-5-18-12(16)9-10(19-6-13-9)8-7(2)14-15(3)11(8)17-4/h6,9-10H,5H2,1-4H3. The minimum atomic E-state index is -0.711. The molecule has 1 aliphatic rings. The zero-order valence-electron chi connectivity index (χ0n) is 11.4. The first kappa shape index (κ1) is 13.4. The number of esters is 1. The van der Waals surface area contributed by atoms with Crippen LogP contribution >= 0.6 is 0 Å². The van der Waals surface area contributed by atoms with Crippen molar-refractivity contribution in [1.82, 2.24) is 9.78 Å². The number of carbonyl (C=O) groups excluding carboxylic acids is 1. The van der Waals surface area contributed by atoms with Crippen LogP contribution in [0.15, 0.2) is 4.99 Å². The summed E-state index contributed by atoms with van der Waals surface area (Å²) in [7, 11) is 3.32. The number of hydrogen-bond donors (Lipinski definition) is 0. The monoisotopic (exact) mass is 267 g/mol. The summed E-state index contributed by atoms with van der Waals surface area (Å²) in [6.45, 7) is 3.89. The zero-order chi connectivity index (χ0) is 14.0. The van der Waals surface area contributed by atoms with Gasteiger partial charge in [-0.1, -0.05) is 0 Å². The van der Waals surface area contributed by atoms with Crippen LogP contribution in [-0.2, 0) is 21.3 Å². The number of aromatic nitrogens is 2. The molecule has 2 heterocycles. The lowest BCUT2D eigenvalue weighted by atomic mass is 10.0. The van der Waals surface area contributed by atoms with Gasteiger partial charge in [-0.2, -0.15) is 5.10 Å². The maximum absolute atomic E-state index is 11.9. The Balaban J connectivity index is 2.34. The summed E-state index contributed by atoms with van der Waals surface area (Å²) in [4.78, 5) is 15.9. The quantitative estimate of drug-likeness (QED) is 0.753. The van der Waals surface area contributed by atoms with E-state index < -0.39 is 18.1 Å². The number of rotatable bonds is 4. The smallest absolute Gasteiger partial charge is 0.335 e. The molecule has 7 nitrogen and oxygen atoms in total. The van der Waals surface area contributed by atoms with Crippen LogP contribution in [0.25, 0.3) is 0 Å². The molecule has 0 saturated carbocycles. The highest BCUT2D eigenvalue weighted by Crippen LogP contribution is 2.35.